The molecular weight excluding hydrogens is 299 g/mol. The van der Waals surface area contributed by atoms with Crippen molar-refractivity contribution in [2.75, 3.05) is 18.1 Å². The summed E-state index contributed by atoms with van der Waals surface area (Å²) in [6, 6.07) is 9.57. The maximum absolute atomic E-state index is 12.7. The third-order valence-corrected chi connectivity index (χ3v) is 5.80. The van der Waals surface area contributed by atoms with Crippen LogP contribution in [0.1, 0.15) is 26.2 Å². The molecule has 0 spiro atoms. The van der Waals surface area contributed by atoms with Gasteiger partial charge in [-0.25, -0.2) is 0 Å². The van der Waals surface area contributed by atoms with Crippen LogP contribution in [0.4, 0.5) is 0 Å². The Labute approximate surface area is 112 Å². The van der Waals surface area contributed by atoms with E-state index in [4.69, 9.17) is 4.52 Å². The minimum Gasteiger partial charge on any atom is -0.326 e. The molecule has 0 fully saturated rings. The lowest BCUT2D eigenvalue weighted by atomic mass is 10.3. The van der Waals surface area contributed by atoms with Crippen molar-refractivity contribution in [2.24, 2.45) is 0 Å². The molecule has 0 aliphatic heterocycles. The summed E-state index contributed by atoms with van der Waals surface area (Å²) >= 11 is 3.41. The van der Waals surface area contributed by atoms with Crippen LogP contribution in [0.25, 0.3) is 0 Å². The lowest BCUT2D eigenvalue weighted by Crippen LogP contribution is -2.10. The minimum absolute atomic E-state index is 0.505. The Bertz CT molecular complexity index is 354. The molecule has 0 amide bonds. The molecule has 1 aromatic carbocycles. The molecule has 96 valence electrons. The molecular formula is C13H20BrO2P. The van der Waals surface area contributed by atoms with Crippen LogP contribution in [0, 0.1) is 0 Å². The van der Waals surface area contributed by atoms with Crippen LogP contribution in [0.3, 0.4) is 0 Å². The minimum atomic E-state index is -2.63. The first kappa shape index (κ1) is 14.9. The molecule has 0 saturated carbocycles. The zero-order valence-electron chi connectivity index (χ0n) is 10.3. The van der Waals surface area contributed by atoms with E-state index in [0.29, 0.717) is 12.8 Å². The van der Waals surface area contributed by atoms with Gasteiger partial charge in [0.1, 0.15) is 0 Å². The fourth-order valence-corrected chi connectivity index (χ4v) is 4.34. The summed E-state index contributed by atoms with van der Waals surface area (Å²) < 4.78 is 18.3. The van der Waals surface area contributed by atoms with Crippen molar-refractivity contribution in [3.05, 3.63) is 30.3 Å². The highest BCUT2D eigenvalue weighted by atomic mass is 79.9. The Morgan fingerprint density at radius 1 is 1.18 bits per heavy atom. The molecule has 1 unspecified atom stereocenters. The second-order valence-corrected chi connectivity index (χ2v) is 7.26. The molecule has 0 N–H and O–H groups in total. The van der Waals surface area contributed by atoms with E-state index in [9.17, 15) is 4.57 Å². The number of benzene rings is 1. The van der Waals surface area contributed by atoms with Crippen LogP contribution in [0.15, 0.2) is 30.3 Å². The van der Waals surface area contributed by atoms with Crippen molar-refractivity contribution >= 4 is 28.6 Å². The zero-order valence-corrected chi connectivity index (χ0v) is 12.8. The van der Waals surface area contributed by atoms with E-state index >= 15 is 0 Å². The summed E-state index contributed by atoms with van der Waals surface area (Å²) in [4.78, 5) is 0. The summed E-state index contributed by atoms with van der Waals surface area (Å²) in [5.41, 5.74) is 0. The number of hydrogen-bond acceptors (Lipinski definition) is 2. The summed E-state index contributed by atoms with van der Waals surface area (Å²) in [6.07, 6.45) is 3.83. The fourth-order valence-electron chi connectivity index (χ4n) is 1.72. The van der Waals surface area contributed by atoms with Gasteiger partial charge in [0.15, 0.2) is 0 Å². The summed E-state index contributed by atoms with van der Waals surface area (Å²) in [5, 5.41) is 1.86. The molecule has 2 nitrogen and oxygen atoms in total. The van der Waals surface area contributed by atoms with Crippen molar-refractivity contribution < 1.29 is 9.09 Å². The smallest absolute Gasteiger partial charge is 0.232 e. The van der Waals surface area contributed by atoms with Crippen LogP contribution in [-0.2, 0) is 9.09 Å². The van der Waals surface area contributed by atoms with Crippen molar-refractivity contribution in [1.29, 1.82) is 0 Å². The van der Waals surface area contributed by atoms with Gasteiger partial charge >= 0.3 is 0 Å². The van der Waals surface area contributed by atoms with E-state index in [1.807, 2.05) is 37.3 Å². The highest BCUT2D eigenvalue weighted by molar-refractivity contribution is 9.09. The molecule has 1 atom stereocenters. The van der Waals surface area contributed by atoms with Gasteiger partial charge in [0.05, 0.1) is 6.61 Å². The quantitative estimate of drug-likeness (QED) is 0.408. The van der Waals surface area contributed by atoms with E-state index in [1.165, 1.54) is 0 Å². The van der Waals surface area contributed by atoms with E-state index < -0.39 is 7.37 Å². The molecule has 17 heavy (non-hydrogen) atoms. The number of hydrogen-bond donors (Lipinski definition) is 0. The summed E-state index contributed by atoms with van der Waals surface area (Å²) in [6.45, 7) is 2.40. The molecule has 0 heterocycles. The van der Waals surface area contributed by atoms with Gasteiger partial charge < -0.3 is 4.52 Å². The Kier molecular flexibility index (Phi) is 7.10. The highest BCUT2D eigenvalue weighted by Crippen LogP contribution is 2.46. The van der Waals surface area contributed by atoms with Crippen molar-refractivity contribution in [3.8, 4) is 0 Å². The number of unbranched alkanes of at least 4 members (excludes halogenated alkanes) is 2. The Hall–Kier alpha value is -0.110. The van der Waals surface area contributed by atoms with Crippen molar-refractivity contribution in [1.82, 2.24) is 0 Å². The van der Waals surface area contributed by atoms with Gasteiger partial charge in [-0.15, -0.1) is 0 Å². The van der Waals surface area contributed by atoms with Crippen LogP contribution in [-0.4, -0.2) is 18.1 Å². The van der Waals surface area contributed by atoms with Gasteiger partial charge in [-0.2, -0.15) is 0 Å². The molecule has 0 aliphatic rings. The first-order chi connectivity index (χ1) is 8.23. The molecule has 0 saturated heterocycles. The van der Waals surface area contributed by atoms with Gasteiger partial charge in [-0.1, -0.05) is 40.5 Å². The van der Waals surface area contributed by atoms with E-state index in [0.717, 1.165) is 29.9 Å². The predicted octanol–water partition coefficient (Wildman–Crippen LogP) is 4.19. The van der Waals surface area contributed by atoms with Crippen molar-refractivity contribution in [3.63, 3.8) is 0 Å². The van der Waals surface area contributed by atoms with Crippen LogP contribution < -0.4 is 5.30 Å². The maximum Gasteiger partial charge on any atom is 0.232 e. The van der Waals surface area contributed by atoms with Crippen LogP contribution in [0.2, 0.25) is 0 Å². The Morgan fingerprint density at radius 3 is 2.47 bits per heavy atom. The van der Waals surface area contributed by atoms with Gasteiger partial charge in [0.25, 0.3) is 0 Å². The first-order valence-electron chi connectivity index (χ1n) is 6.08. The second kappa shape index (κ2) is 8.07. The van der Waals surface area contributed by atoms with Gasteiger partial charge in [0, 0.05) is 16.8 Å². The third kappa shape index (κ3) is 4.95. The largest absolute Gasteiger partial charge is 0.326 e. The molecule has 1 aromatic rings. The topological polar surface area (TPSA) is 26.3 Å². The second-order valence-electron chi connectivity index (χ2n) is 3.90. The molecule has 0 aromatic heterocycles. The zero-order chi connectivity index (χ0) is 12.6. The summed E-state index contributed by atoms with van der Waals surface area (Å²) in [7, 11) is -2.63. The summed E-state index contributed by atoms with van der Waals surface area (Å²) in [5.74, 6) is 0. The van der Waals surface area contributed by atoms with E-state index in [1.54, 1.807) is 0 Å². The molecule has 0 aliphatic carbocycles. The molecule has 0 bridgehead atoms. The number of rotatable bonds is 8. The van der Waals surface area contributed by atoms with Gasteiger partial charge in [0.2, 0.25) is 7.37 Å². The number of alkyl halides is 1. The lowest BCUT2D eigenvalue weighted by molar-refractivity contribution is 0.339. The van der Waals surface area contributed by atoms with Crippen LogP contribution in [0.5, 0.6) is 0 Å². The van der Waals surface area contributed by atoms with Crippen molar-refractivity contribution in [2.45, 2.75) is 26.2 Å². The average Bonchev–Trinajstić information content (AvgIpc) is 2.36. The Morgan fingerprint density at radius 2 is 1.88 bits per heavy atom. The average molecular weight is 319 g/mol. The fraction of sp³-hybridized carbons (Fsp3) is 0.538. The standard InChI is InChI=1S/C13H20BrO2P/c1-2-16-17(15,12-8-4-7-11-14)13-9-5-3-6-10-13/h3,5-6,9-10H,2,4,7-8,11-12H2,1H3. The predicted molar refractivity (Wildman–Crippen MR) is 77.8 cm³/mol. The normalized spacial score (nSPS) is 14.5. The Balaban J connectivity index is 2.66. The van der Waals surface area contributed by atoms with Crippen LogP contribution >= 0.6 is 23.3 Å². The first-order valence-corrected chi connectivity index (χ1v) is 9.01. The molecule has 1 rings (SSSR count). The maximum atomic E-state index is 12.7. The van der Waals surface area contributed by atoms with E-state index in [2.05, 4.69) is 15.9 Å². The molecule has 0 radical (unpaired) electrons. The molecule has 4 heteroatoms. The third-order valence-electron chi connectivity index (χ3n) is 2.57. The lowest BCUT2D eigenvalue weighted by Gasteiger charge is -2.17. The number of halogens is 1. The SMILES string of the molecule is CCOP(=O)(CCCCCBr)c1ccccc1. The highest BCUT2D eigenvalue weighted by Gasteiger charge is 2.24. The van der Waals surface area contributed by atoms with E-state index in [-0.39, 0.29) is 0 Å². The monoisotopic (exact) mass is 318 g/mol. The van der Waals surface area contributed by atoms with Gasteiger partial charge in [-0.05, 0) is 31.9 Å². The van der Waals surface area contributed by atoms with Gasteiger partial charge in [-0.3, -0.25) is 4.57 Å².